The number of halogens is 1. The van der Waals surface area contributed by atoms with Crippen molar-refractivity contribution in [3.05, 3.63) is 27.1 Å². The molecular formula is C13H17ClN2O3. The van der Waals surface area contributed by atoms with Crippen molar-refractivity contribution < 1.29 is 9.53 Å². The van der Waals surface area contributed by atoms with Gasteiger partial charge in [-0.1, -0.05) is 18.5 Å². The van der Waals surface area contributed by atoms with E-state index in [1.807, 2.05) is 0 Å². The van der Waals surface area contributed by atoms with Gasteiger partial charge in [0.15, 0.2) is 6.23 Å². The van der Waals surface area contributed by atoms with Gasteiger partial charge < -0.3 is 9.53 Å². The number of carbonyl (C=O) groups excluding carboxylic acids is 1. The minimum Gasteiger partial charge on any atom is -0.356 e. The van der Waals surface area contributed by atoms with Gasteiger partial charge in [0.2, 0.25) is 0 Å². The highest BCUT2D eigenvalue weighted by Crippen LogP contribution is 2.21. The SMILES string of the molecule is CC(C=O)Cc1cnn(C2CCCCO2)c(=O)c1Cl. The molecule has 0 radical (unpaired) electrons. The molecule has 1 aliphatic heterocycles. The Hall–Kier alpha value is -1.20. The van der Waals surface area contributed by atoms with Crippen molar-refractivity contribution in [2.24, 2.45) is 5.92 Å². The molecule has 0 bridgehead atoms. The maximum atomic E-state index is 12.2. The molecule has 2 unspecified atom stereocenters. The summed E-state index contributed by atoms with van der Waals surface area (Å²) in [6.45, 7) is 2.42. The summed E-state index contributed by atoms with van der Waals surface area (Å²) in [6, 6.07) is 0. The second kappa shape index (κ2) is 6.30. The molecule has 19 heavy (non-hydrogen) atoms. The number of aldehydes is 1. The molecule has 2 rings (SSSR count). The molecule has 104 valence electrons. The summed E-state index contributed by atoms with van der Waals surface area (Å²) in [5.74, 6) is -0.180. The first-order valence-electron chi connectivity index (χ1n) is 6.46. The van der Waals surface area contributed by atoms with Crippen LogP contribution in [0, 0.1) is 5.92 Å². The minimum atomic E-state index is -0.343. The van der Waals surface area contributed by atoms with Crippen molar-refractivity contribution >= 4 is 17.9 Å². The zero-order valence-corrected chi connectivity index (χ0v) is 11.6. The first kappa shape index (κ1) is 14.2. The van der Waals surface area contributed by atoms with E-state index in [9.17, 15) is 9.59 Å². The van der Waals surface area contributed by atoms with Crippen LogP contribution in [0.15, 0.2) is 11.0 Å². The number of carbonyl (C=O) groups is 1. The summed E-state index contributed by atoms with van der Waals surface area (Å²) >= 11 is 6.07. The van der Waals surface area contributed by atoms with Crippen molar-refractivity contribution in [2.45, 2.75) is 38.8 Å². The Morgan fingerprint density at radius 1 is 1.63 bits per heavy atom. The van der Waals surface area contributed by atoms with E-state index in [-0.39, 0.29) is 22.7 Å². The summed E-state index contributed by atoms with van der Waals surface area (Å²) in [5.41, 5.74) is 0.266. The number of ether oxygens (including phenoxy) is 1. The molecule has 1 aromatic rings. The lowest BCUT2D eigenvalue weighted by molar-refractivity contribution is -0.110. The highest BCUT2D eigenvalue weighted by atomic mass is 35.5. The Bertz CT molecular complexity index is 509. The molecule has 6 heteroatoms. The van der Waals surface area contributed by atoms with E-state index in [1.54, 1.807) is 13.1 Å². The standard InChI is InChI=1S/C13H17ClN2O3/c1-9(8-17)6-10-7-15-16(13(18)12(10)14)11-4-2-3-5-19-11/h7-9,11H,2-6H2,1H3. The van der Waals surface area contributed by atoms with Crippen LogP contribution in [0.1, 0.15) is 38.0 Å². The molecule has 0 spiro atoms. The van der Waals surface area contributed by atoms with Gasteiger partial charge in [-0.2, -0.15) is 9.78 Å². The van der Waals surface area contributed by atoms with Crippen molar-refractivity contribution in [3.8, 4) is 0 Å². The van der Waals surface area contributed by atoms with Gasteiger partial charge in [-0.3, -0.25) is 4.79 Å². The van der Waals surface area contributed by atoms with Crippen LogP contribution in [-0.2, 0) is 16.0 Å². The number of nitrogens with zero attached hydrogens (tertiary/aromatic N) is 2. The highest BCUT2D eigenvalue weighted by Gasteiger charge is 2.20. The van der Waals surface area contributed by atoms with E-state index in [2.05, 4.69) is 5.10 Å². The Morgan fingerprint density at radius 3 is 3.05 bits per heavy atom. The van der Waals surface area contributed by atoms with Crippen molar-refractivity contribution in [2.75, 3.05) is 6.61 Å². The molecular weight excluding hydrogens is 268 g/mol. The average molecular weight is 285 g/mol. The van der Waals surface area contributed by atoms with Gasteiger partial charge in [0, 0.05) is 12.5 Å². The summed E-state index contributed by atoms with van der Waals surface area (Å²) in [7, 11) is 0. The van der Waals surface area contributed by atoms with Gasteiger partial charge in [-0.15, -0.1) is 0 Å². The fourth-order valence-electron chi connectivity index (χ4n) is 2.14. The molecule has 2 heterocycles. The van der Waals surface area contributed by atoms with Gasteiger partial charge in [-0.05, 0) is 31.2 Å². The van der Waals surface area contributed by atoms with Crippen LogP contribution in [0.25, 0.3) is 0 Å². The Morgan fingerprint density at radius 2 is 2.42 bits per heavy atom. The van der Waals surface area contributed by atoms with Crippen LogP contribution >= 0.6 is 11.6 Å². The summed E-state index contributed by atoms with van der Waals surface area (Å²) in [4.78, 5) is 22.8. The molecule has 0 N–H and O–H groups in total. The fraction of sp³-hybridized carbons (Fsp3) is 0.615. The summed E-state index contributed by atoms with van der Waals surface area (Å²) in [5, 5.41) is 4.27. The molecule has 1 fully saturated rings. The van der Waals surface area contributed by atoms with E-state index in [1.165, 1.54) is 4.68 Å². The van der Waals surface area contributed by atoms with Gasteiger partial charge in [0.25, 0.3) is 5.56 Å². The van der Waals surface area contributed by atoms with Crippen molar-refractivity contribution in [1.29, 1.82) is 0 Å². The first-order valence-corrected chi connectivity index (χ1v) is 6.84. The molecule has 1 aliphatic rings. The maximum absolute atomic E-state index is 12.2. The topological polar surface area (TPSA) is 61.2 Å². The van der Waals surface area contributed by atoms with Crippen LogP contribution in [0.2, 0.25) is 5.02 Å². The second-order valence-corrected chi connectivity index (χ2v) is 5.25. The maximum Gasteiger partial charge on any atom is 0.288 e. The monoisotopic (exact) mass is 284 g/mol. The highest BCUT2D eigenvalue weighted by molar-refractivity contribution is 6.31. The normalized spacial score (nSPS) is 21.1. The number of hydrogen-bond acceptors (Lipinski definition) is 4. The minimum absolute atomic E-state index is 0.137. The predicted octanol–water partition coefficient (Wildman–Crippen LogP) is 1.97. The van der Waals surface area contributed by atoms with Crippen LogP contribution in [0.5, 0.6) is 0 Å². The third-order valence-electron chi connectivity index (χ3n) is 3.22. The fourth-order valence-corrected chi connectivity index (χ4v) is 2.35. The van der Waals surface area contributed by atoms with Gasteiger partial charge in [-0.25, -0.2) is 0 Å². The quantitative estimate of drug-likeness (QED) is 0.793. The van der Waals surface area contributed by atoms with E-state index in [4.69, 9.17) is 16.3 Å². The lowest BCUT2D eigenvalue weighted by atomic mass is 10.0. The largest absolute Gasteiger partial charge is 0.356 e. The predicted molar refractivity (Wildman–Crippen MR) is 71.3 cm³/mol. The second-order valence-electron chi connectivity index (χ2n) is 4.87. The number of aromatic nitrogens is 2. The van der Waals surface area contributed by atoms with Crippen molar-refractivity contribution in [1.82, 2.24) is 9.78 Å². The smallest absolute Gasteiger partial charge is 0.288 e. The summed E-state index contributed by atoms with van der Waals surface area (Å²) < 4.78 is 6.83. The third-order valence-corrected chi connectivity index (χ3v) is 3.62. The molecule has 0 saturated carbocycles. The molecule has 2 atom stereocenters. The zero-order valence-electron chi connectivity index (χ0n) is 10.8. The van der Waals surface area contributed by atoms with Crippen LogP contribution < -0.4 is 5.56 Å². The first-order chi connectivity index (χ1) is 9.13. The lowest BCUT2D eigenvalue weighted by Crippen LogP contribution is -2.32. The Balaban J connectivity index is 2.26. The third kappa shape index (κ3) is 3.22. The molecule has 1 aromatic heterocycles. The Kier molecular flexibility index (Phi) is 4.71. The summed E-state index contributed by atoms with van der Waals surface area (Å²) in [6.07, 6.45) is 5.29. The molecule has 0 amide bonds. The van der Waals surface area contributed by atoms with Crippen LogP contribution in [0.3, 0.4) is 0 Å². The van der Waals surface area contributed by atoms with Gasteiger partial charge in [0.1, 0.15) is 11.3 Å². The van der Waals surface area contributed by atoms with E-state index < -0.39 is 0 Å². The van der Waals surface area contributed by atoms with E-state index >= 15 is 0 Å². The van der Waals surface area contributed by atoms with Crippen LogP contribution in [0.4, 0.5) is 0 Å². The number of hydrogen-bond donors (Lipinski definition) is 0. The average Bonchev–Trinajstić information content (AvgIpc) is 2.45. The molecule has 5 nitrogen and oxygen atoms in total. The van der Waals surface area contributed by atoms with Gasteiger partial charge >= 0.3 is 0 Å². The van der Waals surface area contributed by atoms with Crippen molar-refractivity contribution in [3.63, 3.8) is 0 Å². The Labute approximate surface area is 116 Å². The molecule has 0 aromatic carbocycles. The lowest BCUT2D eigenvalue weighted by Gasteiger charge is -2.23. The van der Waals surface area contributed by atoms with E-state index in [0.29, 0.717) is 18.6 Å². The van der Waals surface area contributed by atoms with Crippen LogP contribution in [-0.4, -0.2) is 22.7 Å². The van der Waals surface area contributed by atoms with E-state index in [0.717, 1.165) is 25.5 Å². The molecule has 1 saturated heterocycles. The number of rotatable bonds is 4. The van der Waals surface area contributed by atoms with Gasteiger partial charge in [0.05, 0.1) is 6.20 Å². The molecule has 0 aliphatic carbocycles. The zero-order chi connectivity index (χ0) is 13.8.